The number of halogens is 1. The number of aryl methyl sites for hydroxylation is 1. The third-order valence-electron chi connectivity index (χ3n) is 1.75. The Balaban J connectivity index is 2.23. The Morgan fingerprint density at radius 2 is 2.46 bits per heavy atom. The maximum absolute atomic E-state index is 5.63. The van der Waals surface area contributed by atoms with Crippen LogP contribution >= 0.6 is 22.9 Å². The number of hydrogen-bond donors (Lipinski definition) is 1. The lowest BCUT2D eigenvalue weighted by Gasteiger charge is -1.88. The Morgan fingerprint density at radius 1 is 1.54 bits per heavy atom. The van der Waals surface area contributed by atoms with Gasteiger partial charge in [-0.2, -0.15) is 0 Å². The van der Waals surface area contributed by atoms with Crippen LogP contribution in [-0.2, 0) is 6.42 Å². The summed E-state index contributed by atoms with van der Waals surface area (Å²) in [4.78, 5) is 7.46. The summed E-state index contributed by atoms with van der Waals surface area (Å²) in [7, 11) is 0. The normalized spacial score (nSPS) is 10.5. The molecular weight excluding hydrogens is 204 g/mol. The van der Waals surface area contributed by atoms with Crippen LogP contribution in [0, 0.1) is 0 Å². The van der Waals surface area contributed by atoms with E-state index >= 15 is 0 Å². The Labute approximate surface area is 85.6 Å². The quantitative estimate of drug-likeness (QED) is 0.779. The van der Waals surface area contributed by atoms with Crippen LogP contribution in [0.1, 0.15) is 5.01 Å². The molecule has 1 N–H and O–H groups in total. The summed E-state index contributed by atoms with van der Waals surface area (Å²) >= 11 is 7.29. The molecule has 0 fully saturated rings. The van der Waals surface area contributed by atoms with E-state index in [-0.39, 0.29) is 0 Å². The fourth-order valence-electron chi connectivity index (χ4n) is 1.12. The van der Waals surface area contributed by atoms with Crippen LogP contribution in [0.15, 0.2) is 23.8 Å². The molecule has 0 aromatic carbocycles. The van der Waals surface area contributed by atoms with Crippen molar-refractivity contribution in [2.24, 2.45) is 0 Å². The highest BCUT2D eigenvalue weighted by Crippen LogP contribution is 2.21. The van der Waals surface area contributed by atoms with Gasteiger partial charge in [0.15, 0.2) is 0 Å². The number of rotatable bonds is 3. The van der Waals surface area contributed by atoms with E-state index in [9.17, 15) is 0 Å². The van der Waals surface area contributed by atoms with E-state index in [1.807, 2.05) is 18.5 Å². The van der Waals surface area contributed by atoms with Gasteiger partial charge in [0.05, 0.1) is 10.7 Å². The number of aromatic nitrogens is 2. The highest BCUT2D eigenvalue weighted by atomic mass is 35.5. The first-order chi connectivity index (χ1) is 6.40. The highest BCUT2D eigenvalue weighted by molar-refractivity contribution is 7.10. The van der Waals surface area contributed by atoms with E-state index in [1.54, 1.807) is 11.3 Å². The molecule has 0 bridgehead atoms. The summed E-state index contributed by atoms with van der Waals surface area (Å²) in [6.07, 6.45) is 4.70. The summed E-state index contributed by atoms with van der Waals surface area (Å²) in [5, 5.41) is 3.16. The van der Waals surface area contributed by atoms with Gasteiger partial charge in [0.25, 0.3) is 0 Å². The van der Waals surface area contributed by atoms with Gasteiger partial charge in [-0.1, -0.05) is 0 Å². The summed E-state index contributed by atoms with van der Waals surface area (Å²) in [5.41, 5.74) is 2.17. The van der Waals surface area contributed by atoms with E-state index in [0.717, 1.165) is 22.7 Å². The van der Waals surface area contributed by atoms with Crippen molar-refractivity contribution in [3.8, 4) is 11.3 Å². The highest BCUT2D eigenvalue weighted by Gasteiger charge is 2.03. The average Bonchev–Trinajstić information content (AvgIpc) is 2.70. The lowest BCUT2D eigenvalue weighted by atomic mass is 10.3. The van der Waals surface area contributed by atoms with Gasteiger partial charge in [0.1, 0.15) is 0 Å². The van der Waals surface area contributed by atoms with Gasteiger partial charge in [0, 0.05) is 35.6 Å². The van der Waals surface area contributed by atoms with Crippen LogP contribution in [-0.4, -0.2) is 15.8 Å². The van der Waals surface area contributed by atoms with Gasteiger partial charge in [-0.05, 0) is 6.07 Å². The molecule has 0 atom stereocenters. The molecule has 0 aliphatic rings. The minimum atomic E-state index is 0.639. The number of aromatic amines is 1. The Bertz CT molecular complexity index is 367. The Kier molecular flexibility index (Phi) is 2.66. The van der Waals surface area contributed by atoms with Gasteiger partial charge in [0.2, 0.25) is 0 Å². The fourth-order valence-corrected chi connectivity index (χ4v) is 2.22. The molecule has 0 aliphatic heterocycles. The Hall–Kier alpha value is -0.800. The SMILES string of the molecule is ClCCc1nc(-c2cc[nH]c2)cs1. The maximum Gasteiger partial charge on any atom is 0.0944 e. The first-order valence-corrected chi connectivity index (χ1v) is 5.45. The van der Waals surface area contributed by atoms with Crippen molar-refractivity contribution in [1.29, 1.82) is 0 Å². The molecule has 0 spiro atoms. The maximum atomic E-state index is 5.63. The minimum absolute atomic E-state index is 0.639. The molecule has 68 valence electrons. The zero-order chi connectivity index (χ0) is 9.10. The van der Waals surface area contributed by atoms with Gasteiger partial charge in [-0.15, -0.1) is 22.9 Å². The largest absolute Gasteiger partial charge is 0.367 e. The number of hydrogen-bond acceptors (Lipinski definition) is 2. The van der Waals surface area contributed by atoms with Crippen molar-refractivity contribution in [2.75, 3.05) is 5.88 Å². The van der Waals surface area contributed by atoms with Gasteiger partial charge in [-0.25, -0.2) is 4.98 Å². The van der Waals surface area contributed by atoms with Gasteiger partial charge in [-0.3, -0.25) is 0 Å². The monoisotopic (exact) mass is 212 g/mol. The van der Waals surface area contributed by atoms with Crippen molar-refractivity contribution in [3.05, 3.63) is 28.8 Å². The first kappa shape index (κ1) is 8.78. The van der Waals surface area contributed by atoms with Crippen molar-refractivity contribution >= 4 is 22.9 Å². The van der Waals surface area contributed by atoms with Crippen molar-refractivity contribution in [1.82, 2.24) is 9.97 Å². The molecule has 2 aromatic heterocycles. The predicted molar refractivity (Wildman–Crippen MR) is 56.3 cm³/mol. The number of nitrogens with zero attached hydrogens (tertiary/aromatic N) is 1. The third-order valence-corrected chi connectivity index (χ3v) is 2.85. The second-order valence-electron chi connectivity index (χ2n) is 2.67. The van der Waals surface area contributed by atoms with Crippen molar-refractivity contribution < 1.29 is 0 Å². The van der Waals surface area contributed by atoms with Crippen LogP contribution in [0.4, 0.5) is 0 Å². The average molecular weight is 213 g/mol. The standard InChI is InChI=1S/C9H9ClN2S/c10-3-1-9-12-8(6-13-9)7-2-4-11-5-7/h2,4-6,11H,1,3H2. The molecule has 2 aromatic rings. The molecule has 2 rings (SSSR count). The van der Waals surface area contributed by atoms with E-state index in [2.05, 4.69) is 15.3 Å². The lowest BCUT2D eigenvalue weighted by molar-refractivity contribution is 1.10. The summed E-state index contributed by atoms with van der Waals surface area (Å²) in [6.45, 7) is 0. The molecule has 2 nitrogen and oxygen atoms in total. The number of H-pyrrole nitrogens is 1. The Morgan fingerprint density at radius 3 is 3.15 bits per heavy atom. The molecule has 0 saturated heterocycles. The molecule has 0 aliphatic carbocycles. The smallest absolute Gasteiger partial charge is 0.0944 e. The van der Waals surface area contributed by atoms with Crippen molar-refractivity contribution in [3.63, 3.8) is 0 Å². The second-order valence-corrected chi connectivity index (χ2v) is 3.99. The third kappa shape index (κ3) is 1.92. The summed E-state index contributed by atoms with van der Waals surface area (Å²) in [5.74, 6) is 0.639. The zero-order valence-corrected chi connectivity index (χ0v) is 8.53. The van der Waals surface area contributed by atoms with Crippen LogP contribution in [0.2, 0.25) is 0 Å². The van der Waals surface area contributed by atoms with E-state index < -0.39 is 0 Å². The second kappa shape index (κ2) is 3.94. The molecule has 0 amide bonds. The zero-order valence-electron chi connectivity index (χ0n) is 6.96. The van der Waals surface area contributed by atoms with Crippen LogP contribution in [0.5, 0.6) is 0 Å². The number of thiazole rings is 1. The van der Waals surface area contributed by atoms with E-state index in [0.29, 0.717) is 5.88 Å². The van der Waals surface area contributed by atoms with Crippen LogP contribution in [0.25, 0.3) is 11.3 Å². The lowest BCUT2D eigenvalue weighted by Crippen LogP contribution is -1.83. The molecule has 2 heterocycles. The molecule has 0 radical (unpaired) electrons. The topological polar surface area (TPSA) is 28.7 Å². The first-order valence-electron chi connectivity index (χ1n) is 4.03. The molecular formula is C9H9ClN2S. The molecule has 4 heteroatoms. The number of alkyl halides is 1. The minimum Gasteiger partial charge on any atom is -0.367 e. The molecule has 13 heavy (non-hydrogen) atoms. The number of nitrogens with one attached hydrogen (secondary N) is 1. The fraction of sp³-hybridized carbons (Fsp3) is 0.222. The van der Waals surface area contributed by atoms with Crippen LogP contribution < -0.4 is 0 Å². The van der Waals surface area contributed by atoms with E-state index in [1.165, 1.54) is 0 Å². The van der Waals surface area contributed by atoms with Crippen molar-refractivity contribution in [2.45, 2.75) is 6.42 Å². The molecule has 0 unspecified atom stereocenters. The van der Waals surface area contributed by atoms with E-state index in [4.69, 9.17) is 11.6 Å². The molecule has 0 saturated carbocycles. The van der Waals surface area contributed by atoms with Crippen LogP contribution in [0.3, 0.4) is 0 Å². The summed E-state index contributed by atoms with van der Waals surface area (Å²) < 4.78 is 0. The predicted octanol–water partition coefficient (Wildman–Crippen LogP) is 2.92. The van der Waals surface area contributed by atoms with Gasteiger partial charge >= 0.3 is 0 Å². The summed E-state index contributed by atoms with van der Waals surface area (Å²) in [6, 6.07) is 2.01. The van der Waals surface area contributed by atoms with Gasteiger partial charge < -0.3 is 4.98 Å².